The number of anilines is 1. The van der Waals surface area contributed by atoms with Crippen molar-refractivity contribution in [3.63, 3.8) is 0 Å². The molecule has 0 amide bonds. The standard InChI is InChI=1S/C13H18N4O2S/c1-10-4-12(14)6-13(5-10)20(18,19)17(3)9-11-7-15-16(2)8-11/h4-8H,9,14H2,1-3H3. The Balaban J connectivity index is 2.29. The molecule has 20 heavy (non-hydrogen) atoms. The average molecular weight is 294 g/mol. The molecule has 2 aromatic rings. The molecule has 0 saturated carbocycles. The molecule has 0 radical (unpaired) electrons. The molecule has 2 N–H and O–H groups in total. The van der Waals surface area contributed by atoms with Gasteiger partial charge in [-0.05, 0) is 30.7 Å². The van der Waals surface area contributed by atoms with Crippen LogP contribution >= 0.6 is 0 Å². The van der Waals surface area contributed by atoms with Crippen molar-refractivity contribution in [3.8, 4) is 0 Å². The van der Waals surface area contributed by atoms with Gasteiger partial charge in [0.25, 0.3) is 0 Å². The summed E-state index contributed by atoms with van der Waals surface area (Å²) >= 11 is 0. The summed E-state index contributed by atoms with van der Waals surface area (Å²) in [5.74, 6) is 0. The van der Waals surface area contributed by atoms with Crippen molar-refractivity contribution in [2.75, 3.05) is 12.8 Å². The Kier molecular flexibility index (Phi) is 3.82. The molecule has 0 fully saturated rings. The van der Waals surface area contributed by atoms with E-state index in [-0.39, 0.29) is 11.4 Å². The van der Waals surface area contributed by atoms with Gasteiger partial charge in [-0.2, -0.15) is 9.40 Å². The third-order valence-corrected chi connectivity index (χ3v) is 4.73. The van der Waals surface area contributed by atoms with Crippen molar-refractivity contribution >= 4 is 15.7 Å². The van der Waals surface area contributed by atoms with E-state index in [2.05, 4.69) is 5.10 Å². The van der Waals surface area contributed by atoms with E-state index in [1.54, 1.807) is 43.3 Å². The van der Waals surface area contributed by atoms with Crippen LogP contribution in [0, 0.1) is 6.92 Å². The summed E-state index contributed by atoms with van der Waals surface area (Å²) in [6.07, 6.45) is 3.44. The Morgan fingerprint density at radius 3 is 2.60 bits per heavy atom. The van der Waals surface area contributed by atoms with Crippen LogP contribution in [0.2, 0.25) is 0 Å². The number of nitrogen functional groups attached to an aromatic ring is 1. The number of hydrogen-bond donors (Lipinski definition) is 1. The van der Waals surface area contributed by atoms with Gasteiger partial charge in [0.05, 0.1) is 11.1 Å². The molecule has 6 nitrogen and oxygen atoms in total. The minimum Gasteiger partial charge on any atom is -0.399 e. The fourth-order valence-electron chi connectivity index (χ4n) is 2.00. The third-order valence-electron chi connectivity index (χ3n) is 2.94. The Morgan fingerprint density at radius 1 is 1.35 bits per heavy atom. The summed E-state index contributed by atoms with van der Waals surface area (Å²) in [6, 6.07) is 4.83. The van der Waals surface area contributed by atoms with Crippen LogP contribution in [0.25, 0.3) is 0 Å². The van der Waals surface area contributed by atoms with Crippen LogP contribution in [0.3, 0.4) is 0 Å². The van der Waals surface area contributed by atoms with Gasteiger partial charge in [0, 0.05) is 38.1 Å². The molecule has 1 heterocycles. The van der Waals surface area contributed by atoms with Gasteiger partial charge in [-0.1, -0.05) is 0 Å². The van der Waals surface area contributed by atoms with Gasteiger partial charge in [-0.15, -0.1) is 0 Å². The molecular weight excluding hydrogens is 276 g/mol. The van der Waals surface area contributed by atoms with Crippen molar-refractivity contribution in [2.24, 2.45) is 7.05 Å². The first kappa shape index (κ1) is 14.5. The lowest BCUT2D eigenvalue weighted by Gasteiger charge is -2.17. The lowest BCUT2D eigenvalue weighted by atomic mass is 10.2. The second-order valence-electron chi connectivity index (χ2n) is 4.86. The van der Waals surface area contributed by atoms with Crippen LogP contribution in [0.4, 0.5) is 5.69 Å². The summed E-state index contributed by atoms with van der Waals surface area (Å²) in [6.45, 7) is 2.08. The molecule has 0 bridgehead atoms. The number of aromatic nitrogens is 2. The number of sulfonamides is 1. The third kappa shape index (κ3) is 3.00. The van der Waals surface area contributed by atoms with Crippen LogP contribution in [0.5, 0.6) is 0 Å². The molecule has 1 aromatic heterocycles. The lowest BCUT2D eigenvalue weighted by Crippen LogP contribution is -2.26. The summed E-state index contributed by atoms with van der Waals surface area (Å²) in [4.78, 5) is 0.210. The summed E-state index contributed by atoms with van der Waals surface area (Å²) in [5, 5.41) is 4.03. The van der Waals surface area contributed by atoms with Crippen molar-refractivity contribution in [1.82, 2.24) is 14.1 Å². The highest BCUT2D eigenvalue weighted by Gasteiger charge is 2.21. The first-order valence-corrected chi connectivity index (χ1v) is 7.54. The number of rotatable bonds is 4. The molecule has 7 heteroatoms. The lowest BCUT2D eigenvalue weighted by molar-refractivity contribution is 0.466. The van der Waals surface area contributed by atoms with E-state index in [4.69, 9.17) is 5.73 Å². The Hall–Kier alpha value is -1.86. The number of nitrogens with two attached hydrogens (primary N) is 1. The van der Waals surface area contributed by atoms with Crippen LogP contribution in [-0.2, 0) is 23.6 Å². The first-order valence-electron chi connectivity index (χ1n) is 6.10. The zero-order valence-electron chi connectivity index (χ0n) is 11.7. The molecule has 1 aromatic carbocycles. The van der Waals surface area contributed by atoms with Gasteiger partial charge < -0.3 is 5.73 Å². The second-order valence-corrected chi connectivity index (χ2v) is 6.91. The zero-order chi connectivity index (χ0) is 14.9. The quantitative estimate of drug-likeness (QED) is 0.857. The summed E-state index contributed by atoms with van der Waals surface area (Å²) in [7, 11) is -0.223. The number of nitrogens with zero attached hydrogens (tertiary/aromatic N) is 3. The van der Waals surface area contributed by atoms with Crippen molar-refractivity contribution < 1.29 is 8.42 Å². The van der Waals surface area contributed by atoms with E-state index in [1.165, 1.54) is 10.4 Å². The maximum atomic E-state index is 12.5. The Bertz CT molecular complexity index is 701. The molecule has 0 aliphatic carbocycles. The number of benzene rings is 1. The average Bonchev–Trinajstić information content (AvgIpc) is 2.73. The van der Waals surface area contributed by atoms with E-state index < -0.39 is 10.0 Å². The maximum Gasteiger partial charge on any atom is 0.243 e. The van der Waals surface area contributed by atoms with Gasteiger partial charge in [-0.25, -0.2) is 8.42 Å². The number of aryl methyl sites for hydroxylation is 2. The Morgan fingerprint density at radius 2 is 2.05 bits per heavy atom. The van der Waals surface area contributed by atoms with E-state index in [0.29, 0.717) is 5.69 Å². The zero-order valence-corrected chi connectivity index (χ0v) is 12.6. The number of hydrogen-bond acceptors (Lipinski definition) is 4. The van der Waals surface area contributed by atoms with Gasteiger partial charge >= 0.3 is 0 Å². The van der Waals surface area contributed by atoms with Crippen molar-refractivity contribution in [2.45, 2.75) is 18.4 Å². The topological polar surface area (TPSA) is 81.2 Å². The minimum atomic E-state index is -3.56. The SMILES string of the molecule is Cc1cc(N)cc(S(=O)(=O)N(C)Cc2cnn(C)c2)c1. The molecule has 0 spiro atoms. The predicted octanol–water partition coefficient (Wildman–Crippen LogP) is 1.13. The summed E-state index contributed by atoms with van der Waals surface area (Å²) < 4.78 is 27.9. The predicted molar refractivity (Wildman–Crippen MR) is 77.5 cm³/mol. The molecule has 0 unspecified atom stereocenters. The van der Waals surface area contributed by atoms with E-state index in [0.717, 1.165) is 11.1 Å². The van der Waals surface area contributed by atoms with Crippen LogP contribution < -0.4 is 5.73 Å². The largest absolute Gasteiger partial charge is 0.399 e. The van der Waals surface area contributed by atoms with Gasteiger partial charge in [-0.3, -0.25) is 4.68 Å². The van der Waals surface area contributed by atoms with Crippen molar-refractivity contribution in [3.05, 3.63) is 41.7 Å². The minimum absolute atomic E-state index is 0.210. The van der Waals surface area contributed by atoms with Crippen molar-refractivity contribution in [1.29, 1.82) is 0 Å². The molecular formula is C13H18N4O2S. The highest BCUT2D eigenvalue weighted by molar-refractivity contribution is 7.89. The smallest absolute Gasteiger partial charge is 0.243 e. The fraction of sp³-hybridized carbons (Fsp3) is 0.308. The van der Waals surface area contributed by atoms with E-state index in [9.17, 15) is 8.42 Å². The van der Waals surface area contributed by atoms with Gasteiger partial charge in [0.2, 0.25) is 10.0 Å². The van der Waals surface area contributed by atoms with Gasteiger partial charge in [0.15, 0.2) is 0 Å². The molecule has 0 atom stereocenters. The first-order chi connectivity index (χ1) is 9.29. The van der Waals surface area contributed by atoms with Crippen LogP contribution in [0.1, 0.15) is 11.1 Å². The van der Waals surface area contributed by atoms with Gasteiger partial charge in [0.1, 0.15) is 0 Å². The highest BCUT2D eigenvalue weighted by Crippen LogP contribution is 2.20. The Labute approximate surface area is 118 Å². The van der Waals surface area contributed by atoms with Crippen LogP contribution in [0.15, 0.2) is 35.5 Å². The fourth-order valence-corrected chi connectivity index (χ4v) is 3.30. The molecule has 108 valence electrons. The molecule has 0 aliphatic rings. The molecule has 0 aliphatic heterocycles. The van der Waals surface area contributed by atoms with Crippen LogP contribution in [-0.4, -0.2) is 29.6 Å². The van der Waals surface area contributed by atoms with E-state index >= 15 is 0 Å². The molecule has 2 rings (SSSR count). The maximum absolute atomic E-state index is 12.5. The normalized spacial score (nSPS) is 12.0. The van der Waals surface area contributed by atoms with E-state index in [1.807, 2.05) is 6.92 Å². The molecule has 0 saturated heterocycles. The monoisotopic (exact) mass is 294 g/mol. The second kappa shape index (κ2) is 5.26. The summed E-state index contributed by atoms with van der Waals surface area (Å²) in [5.41, 5.74) is 7.81. The highest BCUT2D eigenvalue weighted by atomic mass is 32.2.